The Morgan fingerprint density at radius 1 is 0.935 bits per heavy atom. The summed E-state index contributed by atoms with van der Waals surface area (Å²) in [5.74, 6) is 1.27. The van der Waals surface area contributed by atoms with Gasteiger partial charge in [0.25, 0.3) is 0 Å². The Bertz CT molecular complexity index is 1830. The standard InChI is InChI=1S/C37H43N7O2/c1-25-6-12-31(13-7-25)44-34(22-33(41-44)37(2,3)4)40-36(46)39-30-10-8-26(9-11-30)20-27-15-18-43(19-16-27)35(45)32-21-29-23-38-17-14-28(29)24-42(32)5/h6-14,17,21-24,27,32H,15-16,18-20H2,1-5H3,(H2,39,40,46). The van der Waals surface area contributed by atoms with Crippen LogP contribution in [0.1, 0.15) is 50.4 Å². The van der Waals surface area contributed by atoms with Crippen LogP contribution in [0.2, 0.25) is 0 Å². The molecular weight excluding hydrogens is 574 g/mol. The highest BCUT2D eigenvalue weighted by Gasteiger charge is 2.30. The first-order valence-corrected chi connectivity index (χ1v) is 16.0. The Morgan fingerprint density at radius 2 is 1.65 bits per heavy atom. The molecule has 1 saturated heterocycles. The fourth-order valence-corrected chi connectivity index (χ4v) is 6.11. The number of hydrogen-bond acceptors (Lipinski definition) is 5. The first kappa shape index (κ1) is 31.1. The molecule has 2 N–H and O–H groups in total. The molecule has 9 nitrogen and oxygen atoms in total. The lowest BCUT2D eigenvalue weighted by Gasteiger charge is -2.36. The van der Waals surface area contributed by atoms with Crippen molar-refractivity contribution in [1.29, 1.82) is 0 Å². The van der Waals surface area contributed by atoms with E-state index in [9.17, 15) is 9.59 Å². The van der Waals surface area contributed by atoms with Crippen LogP contribution in [0.25, 0.3) is 18.0 Å². The van der Waals surface area contributed by atoms with Gasteiger partial charge in [-0.3, -0.25) is 15.1 Å². The van der Waals surface area contributed by atoms with Crippen LogP contribution < -0.4 is 21.1 Å². The fourth-order valence-electron chi connectivity index (χ4n) is 6.11. The number of piperidine rings is 1. The zero-order chi connectivity index (χ0) is 32.4. The molecule has 2 aromatic heterocycles. The highest BCUT2D eigenvalue weighted by molar-refractivity contribution is 5.99. The number of fused-ring (bicyclic) bond motifs is 1. The maximum Gasteiger partial charge on any atom is 0.324 e. The first-order chi connectivity index (χ1) is 22.0. The number of urea groups is 1. The number of carbonyl (C=O) groups excluding carboxylic acids is 2. The molecule has 2 aliphatic heterocycles. The lowest BCUT2D eigenvalue weighted by Crippen LogP contribution is -2.51. The van der Waals surface area contributed by atoms with Gasteiger partial charge in [-0.1, -0.05) is 50.6 Å². The number of rotatable bonds is 6. The number of likely N-dealkylation sites (tertiary alicyclic amines) is 1. The number of carbonyl (C=O) groups is 2. The molecule has 0 aliphatic carbocycles. The van der Waals surface area contributed by atoms with Crippen LogP contribution in [0.3, 0.4) is 0 Å². The normalized spacial score (nSPS) is 16.7. The monoisotopic (exact) mass is 617 g/mol. The van der Waals surface area contributed by atoms with Crippen LogP contribution in [0.4, 0.5) is 16.3 Å². The molecule has 2 aliphatic rings. The molecule has 0 saturated carbocycles. The van der Waals surface area contributed by atoms with Gasteiger partial charge >= 0.3 is 6.03 Å². The van der Waals surface area contributed by atoms with Crippen LogP contribution in [0.5, 0.6) is 0 Å². The maximum absolute atomic E-state index is 13.4. The third kappa shape index (κ3) is 6.98. The highest BCUT2D eigenvalue weighted by Crippen LogP contribution is 2.27. The summed E-state index contributed by atoms with van der Waals surface area (Å²) in [4.78, 5) is 34.7. The average molecular weight is 618 g/mol. The summed E-state index contributed by atoms with van der Waals surface area (Å²) in [6.45, 7) is 9.88. The predicted octanol–water partition coefficient (Wildman–Crippen LogP) is 4.83. The Labute approximate surface area is 270 Å². The number of amides is 3. The molecule has 238 valence electrons. The SMILES string of the molecule is Cc1ccc(-n2nc(C(C)(C)C)cc2NC(=O)Nc2ccc(CC3CCN(C(=O)C4C=c5cnccc5=CN4C)CC3)cc2)cc1. The second-order valence-electron chi connectivity index (χ2n) is 13.6. The molecule has 0 bridgehead atoms. The number of anilines is 2. The number of aryl methyl sites for hydroxylation is 1. The van der Waals surface area contributed by atoms with Crippen LogP contribution in [0.15, 0.2) is 73.1 Å². The van der Waals surface area contributed by atoms with E-state index in [-0.39, 0.29) is 23.4 Å². The van der Waals surface area contributed by atoms with Gasteiger partial charge in [0.05, 0.1) is 11.4 Å². The van der Waals surface area contributed by atoms with Crippen molar-refractivity contribution >= 4 is 35.7 Å². The molecule has 0 spiro atoms. The van der Waals surface area contributed by atoms with E-state index in [1.165, 1.54) is 5.56 Å². The van der Waals surface area contributed by atoms with E-state index < -0.39 is 0 Å². The first-order valence-electron chi connectivity index (χ1n) is 16.0. The van der Waals surface area contributed by atoms with E-state index >= 15 is 0 Å². The summed E-state index contributed by atoms with van der Waals surface area (Å²) in [7, 11) is 1.96. The molecule has 6 rings (SSSR count). The van der Waals surface area contributed by atoms with Crippen molar-refractivity contribution < 1.29 is 9.59 Å². The van der Waals surface area contributed by atoms with Gasteiger partial charge in [0, 0.05) is 66.3 Å². The lowest BCUT2D eigenvalue weighted by atomic mass is 9.89. The molecule has 3 amide bonds. The van der Waals surface area contributed by atoms with Gasteiger partial charge in [0.2, 0.25) is 5.91 Å². The lowest BCUT2D eigenvalue weighted by molar-refractivity contribution is -0.134. The number of nitrogens with zero attached hydrogens (tertiary/aromatic N) is 5. The Hall–Kier alpha value is -4.92. The topological polar surface area (TPSA) is 95.4 Å². The molecule has 2 aromatic carbocycles. The molecule has 1 atom stereocenters. The zero-order valence-corrected chi connectivity index (χ0v) is 27.3. The highest BCUT2D eigenvalue weighted by atomic mass is 16.2. The maximum atomic E-state index is 13.4. The van der Waals surface area contributed by atoms with Crippen molar-refractivity contribution in [3.8, 4) is 5.69 Å². The van der Waals surface area contributed by atoms with Crippen molar-refractivity contribution in [2.24, 2.45) is 5.92 Å². The number of benzene rings is 2. The minimum atomic E-state index is -0.322. The summed E-state index contributed by atoms with van der Waals surface area (Å²) in [5, 5.41) is 12.9. The quantitative estimate of drug-likeness (QED) is 0.323. The smallest absolute Gasteiger partial charge is 0.324 e. The van der Waals surface area contributed by atoms with Gasteiger partial charge in [-0.15, -0.1) is 0 Å². The van der Waals surface area contributed by atoms with Crippen molar-refractivity contribution in [1.82, 2.24) is 24.6 Å². The van der Waals surface area contributed by atoms with E-state index in [0.717, 1.165) is 65.4 Å². The minimum Gasteiger partial charge on any atom is -0.365 e. The second kappa shape index (κ2) is 12.8. The van der Waals surface area contributed by atoms with E-state index in [1.807, 2.05) is 90.8 Å². The van der Waals surface area contributed by atoms with Crippen molar-refractivity contribution in [3.05, 3.63) is 100 Å². The molecule has 4 aromatic rings. The largest absolute Gasteiger partial charge is 0.365 e. The Kier molecular flexibility index (Phi) is 8.67. The van der Waals surface area contributed by atoms with Crippen LogP contribution in [-0.2, 0) is 16.6 Å². The van der Waals surface area contributed by atoms with Crippen molar-refractivity contribution in [3.63, 3.8) is 0 Å². The van der Waals surface area contributed by atoms with Crippen LogP contribution in [-0.4, -0.2) is 62.7 Å². The minimum absolute atomic E-state index is 0.150. The van der Waals surface area contributed by atoms with Gasteiger partial charge < -0.3 is 15.1 Å². The second-order valence-corrected chi connectivity index (χ2v) is 13.6. The van der Waals surface area contributed by atoms with E-state index in [4.69, 9.17) is 5.10 Å². The number of nitrogens with one attached hydrogen (secondary N) is 2. The molecule has 46 heavy (non-hydrogen) atoms. The Balaban J connectivity index is 1.03. The van der Waals surface area contributed by atoms with E-state index in [2.05, 4.69) is 48.5 Å². The summed E-state index contributed by atoms with van der Waals surface area (Å²) in [6.07, 6.45) is 10.5. The van der Waals surface area contributed by atoms with Crippen LogP contribution in [0, 0.1) is 12.8 Å². The summed E-state index contributed by atoms with van der Waals surface area (Å²) < 4.78 is 1.78. The average Bonchev–Trinajstić information content (AvgIpc) is 3.46. The van der Waals surface area contributed by atoms with Gasteiger partial charge in [-0.25, -0.2) is 9.48 Å². The molecule has 1 unspecified atom stereocenters. The predicted molar refractivity (Wildman–Crippen MR) is 183 cm³/mol. The number of likely N-dealkylation sites (N-methyl/N-ethyl adjacent to an activating group) is 1. The summed E-state index contributed by atoms with van der Waals surface area (Å²) in [6, 6.07) is 19.4. The molecule has 1 fully saturated rings. The van der Waals surface area contributed by atoms with Gasteiger partial charge in [0.1, 0.15) is 11.9 Å². The molecule has 0 radical (unpaired) electrons. The van der Waals surface area contributed by atoms with Crippen molar-refractivity contribution in [2.45, 2.75) is 58.4 Å². The third-order valence-electron chi connectivity index (χ3n) is 8.92. The van der Waals surface area contributed by atoms with Gasteiger partial charge in [-0.05, 0) is 74.1 Å². The van der Waals surface area contributed by atoms with Crippen LogP contribution >= 0.6 is 0 Å². The zero-order valence-electron chi connectivity index (χ0n) is 27.3. The number of hydrogen-bond donors (Lipinski definition) is 2. The summed E-state index contributed by atoms with van der Waals surface area (Å²) in [5.41, 5.74) is 4.72. The van der Waals surface area contributed by atoms with E-state index in [1.54, 1.807) is 10.9 Å². The fraction of sp³-hybridized carbons (Fsp3) is 0.351. The van der Waals surface area contributed by atoms with Crippen molar-refractivity contribution in [2.75, 3.05) is 30.8 Å². The van der Waals surface area contributed by atoms with E-state index in [0.29, 0.717) is 11.7 Å². The molecular formula is C37H43N7O2. The van der Waals surface area contributed by atoms with Gasteiger partial charge in [-0.2, -0.15) is 5.10 Å². The third-order valence-corrected chi connectivity index (χ3v) is 8.92. The number of aromatic nitrogens is 3. The summed E-state index contributed by atoms with van der Waals surface area (Å²) >= 11 is 0. The number of pyridine rings is 1. The van der Waals surface area contributed by atoms with Gasteiger partial charge in [0.15, 0.2) is 0 Å². The Morgan fingerprint density at radius 3 is 2.35 bits per heavy atom. The molecule has 4 heterocycles. The molecule has 9 heteroatoms.